The van der Waals surface area contributed by atoms with E-state index in [9.17, 15) is 8.42 Å². The highest BCUT2D eigenvalue weighted by Gasteiger charge is 2.45. The van der Waals surface area contributed by atoms with Crippen molar-refractivity contribution in [1.29, 1.82) is 0 Å². The molecule has 4 nitrogen and oxygen atoms in total. The summed E-state index contributed by atoms with van der Waals surface area (Å²) >= 11 is 1.49. The summed E-state index contributed by atoms with van der Waals surface area (Å²) in [6.45, 7) is 8.70. The average Bonchev–Trinajstić information content (AvgIpc) is 2.77. The van der Waals surface area contributed by atoms with E-state index in [4.69, 9.17) is 0 Å². The Bertz CT molecular complexity index is 549. The largest absolute Gasteiger partial charge is 0.312 e. The molecule has 0 spiro atoms. The van der Waals surface area contributed by atoms with Gasteiger partial charge in [0, 0.05) is 23.3 Å². The maximum atomic E-state index is 12.2. The first-order chi connectivity index (χ1) is 9.35. The van der Waals surface area contributed by atoms with Gasteiger partial charge in [-0.05, 0) is 36.8 Å². The molecule has 0 radical (unpaired) electrons. The van der Waals surface area contributed by atoms with Crippen LogP contribution in [0.4, 0.5) is 0 Å². The van der Waals surface area contributed by atoms with Crippen LogP contribution in [-0.4, -0.2) is 21.5 Å². The summed E-state index contributed by atoms with van der Waals surface area (Å²) in [5, 5.41) is 5.01. The summed E-state index contributed by atoms with van der Waals surface area (Å²) in [5.74, 6) is 0.474. The lowest BCUT2D eigenvalue weighted by molar-refractivity contribution is 0.537. The van der Waals surface area contributed by atoms with Gasteiger partial charge >= 0.3 is 0 Å². The third kappa shape index (κ3) is 4.04. The Kier molecular flexibility index (Phi) is 4.89. The lowest BCUT2D eigenvalue weighted by Gasteiger charge is -2.06. The minimum Gasteiger partial charge on any atom is -0.312 e. The predicted molar refractivity (Wildman–Crippen MR) is 83.4 cm³/mol. The van der Waals surface area contributed by atoms with E-state index in [2.05, 4.69) is 30.8 Å². The summed E-state index contributed by atoms with van der Waals surface area (Å²) < 4.78 is 27.1. The van der Waals surface area contributed by atoms with Crippen LogP contribution in [-0.2, 0) is 16.6 Å². The van der Waals surface area contributed by atoms with Crippen LogP contribution >= 0.6 is 11.3 Å². The third-order valence-corrected chi connectivity index (χ3v) is 6.39. The molecule has 0 bridgehead atoms. The Morgan fingerprint density at radius 2 is 2.15 bits per heavy atom. The fourth-order valence-corrected chi connectivity index (χ4v) is 4.53. The summed E-state index contributed by atoms with van der Waals surface area (Å²) in [4.78, 5) is 1.46. The molecule has 20 heavy (non-hydrogen) atoms. The number of hydrogen-bond acceptors (Lipinski definition) is 4. The van der Waals surface area contributed by atoms with Crippen LogP contribution in [0.25, 0.3) is 0 Å². The minimum absolute atomic E-state index is 0.298. The van der Waals surface area contributed by atoms with Crippen LogP contribution in [0.15, 0.2) is 16.3 Å². The van der Waals surface area contributed by atoms with Crippen molar-refractivity contribution in [3.63, 3.8) is 0 Å². The molecule has 1 fully saturated rings. The summed E-state index contributed by atoms with van der Waals surface area (Å²) in [7, 11) is -3.34. The van der Waals surface area contributed by atoms with Crippen LogP contribution < -0.4 is 10.0 Å². The molecular formula is C14H24N2O2S2. The van der Waals surface area contributed by atoms with Gasteiger partial charge in [-0.2, -0.15) is 0 Å². The number of thiophene rings is 1. The van der Waals surface area contributed by atoms with Crippen LogP contribution in [0, 0.1) is 11.3 Å². The highest BCUT2D eigenvalue weighted by atomic mass is 32.2. The zero-order valence-corrected chi connectivity index (χ0v) is 14.0. The van der Waals surface area contributed by atoms with E-state index in [1.807, 2.05) is 0 Å². The van der Waals surface area contributed by atoms with Gasteiger partial charge < -0.3 is 5.32 Å². The topological polar surface area (TPSA) is 58.2 Å². The van der Waals surface area contributed by atoms with E-state index in [1.54, 1.807) is 11.4 Å². The van der Waals surface area contributed by atoms with E-state index >= 15 is 0 Å². The molecule has 2 N–H and O–H groups in total. The fraction of sp³-hybridized carbons (Fsp3) is 0.714. The lowest BCUT2D eigenvalue weighted by atomic mass is 10.1. The quantitative estimate of drug-likeness (QED) is 0.725. The van der Waals surface area contributed by atoms with Crippen molar-refractivity contribution in [2.24, 2.45) is 11.3 Å². The first-order valence-corrected chi connectivity index (χ1v) is 9.49. The molecule has 0 aromatic carbocycles. The molecule has 1 saturated carbocycles. The number of hydrogen-bond donors (Lipinski definition) is 2. The molecule has 0 amide bonds. The van der Waals surface area contributed by atoms with E-state index < -0.39 is 10.0 Å². The van der Waals surface area contributed by atoms with Gasteiger partial charge in [-0.3, -0.25) is 0 Å². The minimum atomic E-state index is -3.34. The van der Waals surface area contributed by atoms with Crippen molar-refractivity contribution in [2.75, 3.05) is 13.1 Å². The van der Waals surface area contributed by atoms with E-state index in [0.717, 1.165) is 30.8 Å². The van der Waals surface area contributed by atoms with Gasteiger partial charge in [-0.15, -0.1) is 11.3 Å². The molecule has 1 heterocycles. The highest BCUT2D eigenvalue weighted by molar-refractivity contribution is 7.89. The van der Waals surface area contributed by atoms with Gasteiger partial charge in [0.2, 0.25) is 10.0 Å². The standard InChI is InChI=1S/C14H24N2O2S2/c1-4-5-15-9-12-6-13(10-19-12)20(17,18)16-8-11-7-14(11,2)3/h6,10-11,15-16H,4-5,7-9H2,1-3H3. The molecule has 1 atom stereocenters. The summed E-state index contributed by atoms with van der Waals surface area (Å²) in [5.41, 5.74) is 0.298. The second kappa shape index (κ2) is 6.13. The molecule has 0 aliphatic heterocycles. The third-order valence-electron chi connectivity index (χ3n) is 3.90. The van der Waals surface area contributed by atoms with Crippen molar-refractivity contribution < 1.29 is 8.42 Å². The van der Waals surface area contributed by atoms with Crippen LogP contribution in [0.3, 0.4) is 0 Å². The van der Waals surface area contributed by atoms with Crippen LogP contribution in [0.2, 0.25) is 0 Å². The lowest BCUT2D eigenvalue weighted by Crippen LogP contribution is -2.26. The number of nitrogens with one attached hydrogen (secondary N) is 2. The Labute approximate surface area is 126 Å². The Morgan fingerprint density at radius 3 is 2.75 bits per heavy atom. The van der Waals surface area contributed by atoms with Gasteiger partial charge in [0.05, 0.1) is 4.90 Å². The van der Waals surface area contributed by atoms with Gasteiger partial charge in [-0.1, -0.05) is 20.8 Å². The molecule has 1 unspecified atom stereocenters. The first kappa shape index (κ1) is 15.9. The molecule has 1 aromatic rings. The Balaban J connectivity index is 1.89. The molecule has 6 heteroatoms. The predicted octanol–water partition coefficient (Wildman–Crippen LogP) is 2.57. The van der Waals surface area contributed by atoms with Crippen molar-refractivity contribution >= 4 is 21.4 Å². The molecular weight excluding hydrogens is 292 g/mol. The van der Waals surface area contributed by atoms with Gasteiger partial charge in [0.25, 0.3) is 0 Å². The Hall–Kier alpha value is -0.430. The maximum absolute atomic E-state index is 12.2. The van der Waals surface area contributed by atoms with Crippen molar-refractivity contribution in [3.8, 4) is 0 Å². The first-order valence-electron chi connectivity index (χ1n) is 7.13. The maximum Gasteiger partial charge on any atom is 0.241 e. The normalized spacial score (nSPS) is 21.1. The second-order valence-corrected chi connectivity index (χ2v) is 8.93. The molecule has 2 rings (SSSR count). The number of sulfonamides is 1. The molecule has 1 aromatic heterocycles. The zero-order valence-electron chi connectivity index (χ0n) is 12.4. The number of rotatable bonds is 8. The van der Waals surface area contributed by atoms with Crippen molar-refractivity contribution in [2.45, 2.75) is 45.1 Å². The summed E-state index contributed by atoms with van der Waals surface area (Å²) in [6.07, 6.45) is 2.18. The summed E-state index contributed by atoms with van der Waals surface area (Å²) in [6, 6.07) is 1.77. The smallest absolute Gasteiger partial charge is 0.241 e. The van der Waals surface area contributed by atoms with Gasteiger partial charge in [0.15, 0.2) is 0 Å². The van der Waals surface area contributed by atoms with E-state index in [0.29, 0.717) is 22.8 Å². The van der Waals surface area contributed by atoms with Crippen LogP contribution in [0.1, 0.15) is 38.5 Å². The molecule has 114 valence electrons. The fourth-order valence-electron chi connectivity index (χ4n) is 2.20. The monoisotopic (exact) mass is 316 g/mol. The highest BCUT2D eigenvalue weighted by Crippen LogP contribution is 2.51. The van der Waals surface area contributed by atoms with Crippen molar-refractivity contribution in [3.05, 3.63) is 16.3 Å². The van der Waals surface area contributed by atoms with Gasteiger partial charge in [-0.25, -0.2) is 13.1 Å². The van der Waals surface area contributed by atoms with E-state index in [1.165, 1.54) is 11.3 Å². The van der Waals surface area contributed by atoms with E-state index in [-0.39, 0.29) is 0 Å². The van der Waals surface area contributed by atoms with Gasteiger partial charge in [0.1, 0.15) is 0 Å². The van der Waals surface area contributed by atoms with Crippen molar-refractivity contribution in [1.82, 2.24) is 10.0 Å². The zero-order chi connectivity index (χ0) is 14.8. The Morgan fingerprint density at radius 1 is 1.45 bits per heavy atom. The second-order valence-electron chi connectivity index (χ2n) is 6.17. The SMILES string of the molecule is CCCNCc1cc(S(=O)(=O)NCC2CC2(C)C)cs1. The molecule has 1 aliphatic carbocycles. The molecule has 1 aliphatic rings. The molecule has 0 saturated heterocycles. The van der Waals surface area contributed by atoms with Crippen LogP contribution in [0.5, 0.6) is 0 Å². The average molecular weight is 316 g/mol.